The van der Waals surface area contributed by atoms with Crippen LogP contribution in [0.4, 0.5) is 5.69 Å². The quantitative estimate of drug-likeness (QED) is 0.714. The molecule has 0 aliphatic carbocycles. The van der Waals surface area contributed by atoms with Crippen LogP contribution in [0, 0.1) is 5.92 Å². The number of nitrogens with one attached hydrogen (secondary N) is 2. The molecule has 2 aromatic rings. The summed E-state index contributed by atoms with van der Waals surface area (Å²) >= 11 is 6.15. The Bertz CT molecular complexity index is 971. The maximum absolute atomic E-state index is 12.2. The topological polar surface area (TPSA) is 119 Å². The van der Waals surface area contributed by atoms with E-state index in [4.69, 9.17) is 16.3 Å². The lowest BCUT2D eigenvalue weighted by Crippen LogP contribution is -2.45. The van der Waals surface area contributed by atoms with Crippen LogP contribution in [0.15, 0.2) is 32.8 Å². The summed E-state index contributed by atoms with van der Waals surface area (Å²) in [7, 11) is 1.24. The normalized spacial score (nSPS) is 11.9. The van der Waals surface area contributed by atoms with Crippen molar-refractivity contribution in [3.63, 3.8) is 0 Å². The van der Waals surface area contributed by atoms with Gasteiger partial charge in [0.1, 0.15) is 5.75 Å². The fraction of sp³-hybridized carbons (Fsp3) is 0.412. The van der Waals surface area contributed by atoms with Gasteiger partial charge in [0.2, 0.25) is 5.62 Å². The Hall–Kier alpha value is -2.81. The summed E-state index contributed by atoms with van der Waals surface area (Å²) in [6.07, 6.45) is -0.0325. The van der Waals surface area contributed by atoms with E-state index >= 15 is 0 Å². The van der Waals surface area contributed by atoms with Gasteiger partial charge in [0.05, 0.1) is 29.8 Å². The zero-order valence-corrected chi connectivity index (χ0v) is 16.2. The number of methoxy groups -OCH3 is 1. The first-order chi connectivity index (χ1) is 12.7. The number of nitrogens with zero attached hydrogens (tertiary/aromatic N) is 2. The summed E-state index contributed by atoms with van der Waals surface area (Å²) in [4.78, 5) is 44.9. The number of carbonyl (C=O) groups is 1. The molecule has 2 N–H and O–H groups in total. The lowest BCUT2D eigenvalue weighted by Gasteiger charge is -2.11. The number of esters is 1. The maximum Gasteiger partial charge on any atom is 0.332 e. The average Bonchev–Trinajstić information content (AvgIpc) is 2.59. The first kappa shape index (κ1) is 20.5. The number of halogens is 1. The Balaban J connectivity index is 2.35. The average molecular weight is 397 g/mol. The molecule has 0 spiro atoms. The smallest absolute Gasteiger partial charge is 0.332 e. The molecule has 27 heavy (non-hydrogen) atoms. The van der Waals surface area contributed by atoms with Gasteiger partial charge in [-0.15, -0.1) is 0 Å². The Morgan fingerprint density at radius 1 is 1.22 bits per heavy atom. The van der Waals surface area contributed by atoms with E-state index in [0.717, 1.165) is 4.57 Å². The van der Waals surface area contributed by atoms with Crippen LogP contribution in [0.3, 0.4) is 0 Å². The van der Waals surface area contributed by atoms with E-state index in [0.29, 0.717) is 16.5 Å². The predicted octanol–water partition coefficient (Wildman–Crippen LogP) is 1.35. The van der Waals surface area contributed by atoms with E-state index in [1.54, 1.807) is 25.1 Å². The molecule has 0 aliphatic rings. The second-order valence-corrected chi connectivity index (χ2v) is 6.54. The number of ether oxygens (including phenoxy) is 2. The number of aromatic amines is 2. The molecule has 1 atom stereocenters. The van der Waals surface area contributed by atoms with Gasteiger partial charge in [0.25, 0.3) is 0 Å². The lowest BCUT2D eigenvalue weighted by molar-refractivity contribution is -0.145. The SMILES string of the molecule is COC(=O)[C@@H](C)Cn1c(=O)[nH]c(=Nc2ccc(OC(C)C)c(Cl)c2)[nH]c1=O. The van der Waals surface area contributed by atoms with Gasteiger partial charge in [0.15, 0.2) is 0 Å². The van der Waals surface area contributed by atoms with Gasteiger partial charge in [-0.3, -0.25) is 14.8 Å². The molecule has 0 saturated heterocycles. The molecule has 0 unspecified atom stereocenters. The van der Waals surface area contributed by atoms with Crippen LogP contribution in [0.25, 0.3) is 0 Å². The number of hydrogen-bond donors (Lipinski definition) is 2. The third kappa shape index (κ3) is 5.33. The van der Waals surface area contributed by atoms with Crippen molar-refractivity contribution < 1.29 is 14.3 Å². The fourth-order valence-corrected chi connectivity index (χ4v) is 2.49. The molecule has 0 fully saturated rings. The lowest BCUT2D eigenvalue weighted by atomic mass is 10.2. The molecule has 10 heteroatoms. The molecule has 0 aliphatic heterocycles. The monoisotopic (exact) mass is 396 g/mol. The molecule has 1 heterocycles. The maximum atomic E-state index is 12.2. The van der Waals surface area contributed by atoms with E-state index in [9.17, 15) is 14.4 Å². The Morgan fingerprint density at radius 2 is 1.85 bits per heavy atom. The molecule has 0 radical (unpaired) electrons. The van der Waals surface area contributed by atoms with E-state index in [1.165, 1.54) is 7.11 Å². The third-order valence-electron chi connectivity index (χ3n) is 3.52. The molecular weight excluding hydrogens is 376 g/mol. The van der Waals surface area contributed by atoms with E-state index < -0.39 is 23.3 Å². The third-order valence-corrected chi connectivity index (χ3v) is 3.82. The highest BCUT2D eigenvalue weighted by atomic mass is 35.5. The van der Waals surface area contributed by atoms with Crippen molar-refractivity contribution in [1.82, 2.24) is 14.5 Å². The number of benzene rings is 1. The minimum absolute atomic E-state index is 0.0325. The Labute approximate surface area is 159 Å². The van der Waals surface area contributed by atoms with Crippen molar-refractivity contribution in [3.8, 4) is 5.75 Å². The first-order valence-corrected chi connectivity index (χ1v) is 8.61. The van der Waals surface area contributed by atoms with Crippen LogP contribution in [-0.2, 0) is 16.1 Å². The van der Waals surface area contributed by atoms with Crippen molar-refractivity contribution in [2.24, 2.45) is 10.9 Å². The number of hydrogen-bond acceptors (Lipinski definition) is 6. The molecule has 1 aromatic heterocycles. The zero-order chi connectivity index (χ0) is 20.1. The highest BCUT2D eigenvalue weighted by Crippen LogP contribution is 2.29. The Morgan fingerprint density at radius 3 is 2.37 bits per heavy atom. The number of aromatic nitrogens is 3. The molecule has 0 bridgehead atoms. The molecule has 2 rings (SSSR count). The summed E-state index contributed by atoms with van der Waals surface area (Å²) in [5, 5.41) is 0.354. The van der Waals surface area contributed by atoms with Crippen LogP contribution >= 0.6 is 11.6 Å². The van der Waals surface area contributed by atoms with Crippen LogP contribution in [-0.4, -0.2) is 33.7 Å². The van der Waals surface area contributed by atoms with Gasteiger partial charge in [0, 0.05) is 6.54 Å². The van der Waals surface area contributed by atoms with Crippen molar-refractivity contribution in [3.05, 3.63) is 49.8 Å². The first-order valence-electron chi connectivity index (χ1n) is 8.23. The van der Waals surface area contributed by atoms with Crippen molar-refractivity contribution in [2.75, 3.05) is 7.11 Å². The molecule has 146 valence electrons. The number of H-pyrrole nitrogens is 2. The van der Waals surface area contributed by atoms with Gasteiger partial charge in [-0.2, -0.15) is 0 Å². The van der Waals surface area contributed by atoms with Crippen molar-refractivity contribution in [1.29, 1.82) is 0 Å². The Kier molecular flexibility index (Phi) is 6.62. The fourth-order valence-electron chi connectivity index (χ4n) is 2.27. The molecule has 9 nitrogen and oxygen atoms in total. The van der Waals surface area contributed by atoms with E-state index in [2.05, 4.69) is 19.7 Å². The largest absolute Gasteiger partial charge is 0.489 e. The summed E-state index contributed by atoms with van der Waals surface area (Å²) in [6, 6.07) is 4.84. The highest BCUT2D eigenvalue weighted by molar-refractivity contribution is 6.32. The molecule has 0 saturated carbocycles. The molecular formula is C17H21ClN4O5. The summed E-state index contributed by atoms with van der Waals surface area (Å²) in [5.74, 6) is -0.666. The molecule has 0 amide bonds. The van der Waals surface area contributed by atoms with Gasteiger partial charge in [-0.25, -0.2) is 19.1 Å². The zero-order valence-electron chi connectivity index (χ0n) is 15.4. The van der Waals surface area contributed by atoms with Crippen LogP contribution in [0.5, 0.6) is 5.75 Å². The second-order valence-electron chi connectivity index (χ2n) is 6.14. The molecule has 1 aromatic carbocycles. The van der Waals surface area contributed by atoms with Gasteiger partial charge in [-0.1, -0.05) is 18.5 Å². The van der Waals surface area contributed by atoms with Crippen LogP contribution in [0.2, 0.25) is 5.02 Å². The summed E-state index contributed by atoms with van der Waals surface area (Å²) < 4.78 is 11.0. The van der Waals surface area contributed by atoms with Crippen molar-refractivity contribution >= 4 is 23.3 Å². The van der Waals surface area contributed by atoms with Gasteiger partial charge >= 0.3 is 17.3 Å². The minimum Gasteiger partial charge on any atom is -0.489 e. The highest BCUT2D eigenvalue weighted by Gasteiger charge is 2.16. The number of carbonyl (C=O) groups excluding carboxylic acids is 1. The van der Waals surface area contributed by atoms with Gasteiger partial charge < -0.3 is 9.47 Å². The predicted molar refractivity (Wildman–Crippen MR) is 99.3 cm³/mol. The summed E-state index contributed by atoms with van der Waals surface area (Å²) in [5.41, 5.74) is -1.01. The minimum atomic E-state index is -0.695. The van der Waals surface area contributed by atoms with Crippen LogP contribution in [0.1, 0.15) is 20.8 Å². The van der Waals surface area contributed by atoms with Gasteiger partial charge in [-0.05, 0) is 32.0 Å². The van der Waals surface area contributed by atoms with Crippen molar-refractivity contribution in [2.45, 2.75) is 33.4 Å². The number of rotatable bonds is 6. The summed E-state index contributed by atoms with van der Waals surface area (Å²) in [6.45, 7) is 5.19. The van der Waals surface area contributed by atoms with E-state index in [1.807, 2.05) is 13.8 Å². The standard InChI is InChI=1S/C17H21ClN4O5/c1-9(2)27-13-6-5-11(7-12(13)18)19-15-20-16(24)22(17(25)21-15)8-10(3)14(23)26-4/h5-7,9-10H,8H2,1-4H3,(H2,19,20,21,24,25)/t10-/m0/s1. The van der Waals surface area contributed by atoms with Crippen LogP contribution < -0.4 is 21.7 Å². The second kappa shape index (κ2) is 8.72. The van der Waals surface area contributed by atoms with E-state index in [-0.39, 0.29) is 18.3 Å².